The summed E-state index contributed by atoms with van der Waals surface area (Å²) in [6.07, 6.45) is 1.04. The summed E-state index contributed by atoms with van der Waals surface area (Å²) < 4.78 is 31.5. The number of sulfonamides is 1. The maximum Gasteiger partial charge on any atom is 0.214 e. The normalized spacial score (nSPS) is 14.3. The Bertz CT molecular complexity index is 529. The Morgan fingerprint density at radius 1 is 1.43 bits per heavy atom. The maximum absolute atomic E-state index is 11.9. The van der Waals surface area contributed by atoms with Crippen molar-refractivity contribution in [2.24, 2.45) is 0 Å². The van der Waals surface area contributed by atoms with Gasteiger partial charge in [0.1, 0.15) is 0 Å². The minimum Gasteiger partial charge on any atom is -0.380 e. The van der Waals surface area contributed by atoms with Gasteiger partial charge in [0, 0.05) is 30.9 Å². The second-order valence-electron chi connectivity index (χ2n) is 6.07. The van der Waals surface area contributed by atoms with E-state index in [-0.39, 0.29) is 17.3 Å². The molecule has 0 saturated heterocycles. The van der Waals surface area contributed by atoms with Gasteiger partial charge >= 0.3 is 0 Å². The van der Waals surface area contributed by atoms with Crippen LogP contribution < -0.4 is 4.72 Å². The van der Waals surface area contributed by atoms with Crippen molar-refractivity contribution >= 4 is 21.4 Å². The molecule has 0 aromatic carbocycles. The van der Waals surface area contributed by atoms with Crippen LogP contribution in [0.3, 0.4) is 0 Å². The van der Waals surface area contributed by atoms with Gasteiger partial charge in [0.25, 0.3) is 0 Å². The lowest BCUT2D eigenvalue weighted by Crippen LogP contribution is -2.34. The number of methoxy groups -OCH3 is 1. The largest absolute Gasteiger partial charge is 0.380 e. The van der Waals surface area contributed by atoms with E-state index in [1.165, 1.54) is 7.11 Å². The summed E-state index contributed by atoms with van der Waals surface area (Å²) in [7, 11) is -1.76. The molecule has 7 heteroatoms. The summed E-state index contributed by atoms with van der Waals surface area (Å²) in [5, 5.41) is 3.00. The van der Waals surface area contributed by atoms with Gasteiger partial charge in [-0.2, -0.15) is 0 Å². The predicted octanol–water partition coefficient (Wildman–Crippen LogP) is 2.33. The number of thiazole rings is 1. The number of hydrogen-bond acceptors (Lipinski definition) is 5. The van der Waals surface area contributed by atoms with Gasteiger partial charge in [-0.1, -0.05) is 27.7 Å². The number of hydrogen-bond donors (Lipinski definition) is 1. The molecule has 0 aliphatic heterocycles. The molecular formula is C14H26N2O3S2. The molecule has 0 bridgehead atoms. The van der Waals surface area contributed by atoms with Gasteiger partial charge in [0.05, 0.1) is 22.6 Å². The second-order valence-corrected chi connectivity index (χ2v) is 8.86. The Labute approximate surface area is 132 Å². The highest BCUT2D eigenvalue weighted by atomic mass is 32.2. The van der Waals surface area contributed by atoms with Crippen LogP contribution in [0, 0.1) is 0 Å². The summed E-state index contributed by atoms with van der Waals surface area (Å²) >= 11 is 1.58. The monoisotopic (exact) mass is 334 g/mol. The standard InChI is InChI=1S/C14H26N2O3S2/c1-6-11(19-5)10-21(17,18)15-8-7-13-16-12(9-20-13)14(2,3)4/h9,11,15H,6-8,10H2,1-5H3. The third kappa shape index (κ3) is 6.42. The zero-order valence-corrected chi connectivity index (χ0v) is 15.1. The topological polar surface area (TPSA) is 68.3 Å². The molecule has 0 radical (unpaired) electrons. The second kappa shape index (κ2) is 7.67. The molecule has 0 spiro atoms. The van der Waals surface area contributed by atoms with Gasteiger partial charge in [-0.05, 0) is 6.42 Å². The van der Waals surface area contributed by atoms with E-state index < -0.39 is 10.0 Å². The van der Waals surface area contributed by atoms with Gasteiger partial charge < -0.3 is 4.74 Å². The zero-order valence-electron chi connectivity index (χ0n) is 13.5. The molecule has 0 aliphatic rings. The van der Waals surface area contributed by atoms with Crippen LogP contribution in [0.15, 0.2) is 5.38 Å². The Balaban J connectivity index is 2.48. The van der Waals surface area contributed by atoms with Crippen LogP contribution in [0.2, 0.25) is 0 Å². The molecule has 0 aliphatic carbocycles. The van der Waals surface area contributed by atoms with E-state index in [1.807, 2.05) is 12.3 Å². The van der Waals surface area contributed by atoms with Crippen molar-refractivity contribution in [3.8, 4) is 0 Å². The van der Waals surface area contributed by atoms with Crippen LogP contribution in [0.5, 0.6) is 0 Å². The number of nitrogens with zero attached hydrogens (tertiary/aromatic N) is 1. The fourth-order valence-electron chi connectivity index (χ4n) is 1.74. The van der Waals surface area contributed by atoms with Crippen LogP contribution in [-0.4, -0.2) is 38.9 Å². The van der Waals surface area contributed by atoms with Gasteiger partial charge in [-0.3, -0.25) is 0 Å². The first-order chi connectivity index (χ1) is 9.68. The molecular weight excluding hydrogens is 308 g/mol. The first-order valence-corrected chi connectivity index (χ1v) is 9.66. The summed E-state index contributed by atoms with van der Waals surface area (Å²) in [4.78, 5) is 4.55. The van der Waals surface area contributed by atoms with Crippen LogP contribution in [0.4, 0.5) is 0 Å². The first kappa shape index (κ1) is 18.5. The minimum atomic E-state index is -3.29. The molecule has 1 heterocycles. The zero-order chi connectivity index (χ0) is 16.1. The van der Waals surface area contributed by atoms with E-state index in [0.717, 1.165) is 10.7 Å². The predicted molar refractivity (Wildman–Crippen MR) is 87.4 cm³/mol. The van der Waals surface area contributed by atoms with Gasteiger partial charge in [-0.25, -0.2) is 18.1 Å². The summed E-state index contributed by atoms with van der Waals surface area (Å²) in [5.74, 6) is 0.00507. The number of aromatic nitrogens is 1. The van der Waals surface area contributed by atoms with Crippen LogP contribution >= 0.6 is 11.3 Å². The highest BCUT2D eigenvalue weighted by Gasteiger charge is 2.19. The van der Waals surface area contributed by atoms with Crippen molar-refractivity contribution in [2.45, 2.75) is 52.1 Å². The van der Waals surface area contributed by atoms with Crippen molar-refractivity contribution in [3.63, 3.8) is 0 Å². The molecule has 1 rings (SSSR count). The quantitative estimate of drug-likeness (QED) is 0.792. The molecule has 0 saturated carbocycles. The summed E-state index contributed by atoms with van der Waals surface area (Å²) in [5.41, 5.74) is 1.08. The Hall–Kier alpha value is -0.500. The molecule has 1 N–H and O–H groups in total. The lowest BCUT2D eigenvalue weighted by Gasteiger charge is -2.14. The molecule has 1 aromatic heterocycles. The molecule has 0 fully saturated rings. The number of ether oxygens (including phenoxy) is 1. The molecule has 122 valence electrons. The number of rotatable bonds is 8. The third-order valence-electron chi connectivity index (χ3n) is 3.17. The van der Waals surface area contributed by atoms with E-state index in [2.05, 4.69) is 30.5 Å². The van der Waals surface area contributed by atoms with Crippen LogP contribution in [0.1, 0.15) is 44.8 Å². The average molecular weight is 335 g/mol. The van der Waals surface area contributed by atoms with Crippen molar-refractivity contribution in [1.82, 2.24) is 9.71 Å². The highest BCUT2D eigenvalue weighted by molar-refractivity contribution is 7.89. The Morgan fingerprint density at radius 3 is 2.57 bits per heavy atom. The molecule has 5 nitrogen and oxygen atoms in total. The van der Waals surface area contributed by atoms with Crippen molar-refractivity contribution in [1.29, 1.82) is 0 Å². The van der Waals surface area contributed by atoms with E-state index in [1.54, 1.807) is 11.3 Å². The van der Waals surface area contributed by atoms with Crippen LogP contribution in [-0.2, 0) is 26.6 Å². The van der Waals surface area contributed by atoms with Gasteiger partial charge in [0.2, 0.25) is 10.0 Å². The van der Waals surface area contributed by atoms with Gasteiger partial charge in [-0.15, -0.1) is 11.3 Å². The Morgan fingerprint density at radius 2 is 2.10 bits per heavy atom. The highest BCUT2D eigenvalue weighted by Crippen LogP contribution is 2.23. The fourth-order valence-corrected chi connectivity index (χ4v) is 4.16. The van der Waals surface area contributed by atoms with Crippen LogP contribution in [0.25, 0.3) is 0 Å². The molecule has 0 amide bonds. The van der Waals surface area contributed by atoms with Crippen molar-refractivity contribution in [3.05, 3.63) is 16.1 Å². The van der Waals surface area contributed by atoms with E-state index in [4.69, 9.17) is 4.74 Å². The third-order valence-corrected chi connectivity index (χ3v) is 5.54. The summed E-state index contributed by atoms with van der Waals surface area (Å²) in [6.45, 7) is 8.63. The fraction of sp³-hybridized carbons (Fsp3) is 0.786. The maximum atomic E-state index is 11.9. The molecule has 1 atom stereocenters. The first-order valence-electron chi connectivity index (χ1n) is 7.13. The van der Waals surface area contributed by atoms with E-state index in [0.29, 0.717) is 19.4 Å². The molecule has 1 unspecified atom stereocenters. The molecule has 1 aromatic rings. The van der Waals surface area contributed by atoms with Crippen molar-refractivity contribution < 1.29 is 13.2 Å². The summed E-state index contributed by atoms with van der Waals surface area (Å²) in [6, 6.07) is 0. The van der Waals surface area contributed by atoms with Gasteiger partial charge in [0.15, 0.2) is 0 Å². The lowest BCUT2D eigenvalue weighted by atomic mass is 9.93. The lowest BCUT2D eigenvalue weighted by molar-refractivity contribution is 0.117. The SMILES string of the molecule is CCC(CS(=O)(=O)NCCc1nc(C(C)(C)C)cs1)OC. The average Bonchev–Trinajstić information content (AvgIpc) is 2.84. The number of nitrogens with one attached hydrogen (secondary N) is 1. The van der Waals surface area contributed by atoms with E-state index >= 15 is 0 Å². The van der Waals surface area contributed by atoms with Crippen molar-refractivity contribution in [2.75, 3.05) is 19.4 Å². The van der Waals surface area contributed by atoms with E-state index in [9.17, 15) is 8.42 Å². The minimum absolute atomic E-state index is 0.00507. The Kier molecular flexibility index (Phi) is 6.77. The molecule has 21 heavy (non-hydrogen) atoms. The smallest absolute Gasteiger partial charge is 0.214 e.